The number of hydrogen-bond donors (Lipinski definition) is 1. The SMILES string of the molecule is CC.CCc1c(C)nn2c1CN(C)CC2.CNC=O. The number of rotatable bonds is 2. The highest BCUT2D eigenvalue weighted by Gasteiger charge is 2.18. The number of likely N-dealkylation sites (N-methyl/N-ethyl adjacent to an activating group) is 1. The van der Waals surface area contributed by atoms with Crippen LogP contribution >= 0.6 is 0 Å². The lowest BCUT2D eigenvalue weighted by molar-refractivity contribution is -0.109. The highest BCUT2D eigenvalue weighted by atomic mass is 16.1. The first-order valence-corrected chi connectivity index (χ1v) is 6.98. The average molecular weight is 268 g/mol. The van der Waals surface area contributed by atoms with Gasteiger partial charge in [0.25, 0.3) is 0 Å². The van der Waals surface area contributed by atoms with Gasteiger partial charge in [-0.2, -0.15) is 5.10 Å². The molecule has 0 fully saturated rings. The molecule has 1 aliphatic heterocycles. The summed E-state index contributed by atoms with van der Waals surface area (Å²) < 4.78 is 2.17. The number of carbonyl (C=O) groups excluding carboxylic acids is 1. The number of nitrogens with one attached hydrogen (secondary N) is 1. The number of aryl methyl sites for hydroxylation is 1. The van der Waals surface area contributed by atoms with Crippen LogP contribution in [0.2, 0.25) is 0 Å². The summed E-state index contributed by atoms with van der Waals surface area (Å²) in [6, 6.07) is 0. The van der Waals surface area contributed by atoms with Gasteiger partial charge in [0.05, 0.1) is 17.9 Å². The maximum atomic E-state index is 9.06. The predicted octanol–water partition coefficient (Wildman–Crippen LogP) is 1.59. The average Bonchev–Trinajstić information content (AvgIpc) is 2.76. The first-order chi connectivity index (χ1) is 9.13. The zero-order valence-electron chi connectivity index (χ0n) is 13.2. The Morgan fingerprint density at radius 2 is 1.95 bits per heavy atom. The zero-order valence-corrected chi connectivity index (χ0v) is 13.2. The molecule has 1 aromatic rings. The fourth-order valence-corrected chi connectivity index (χ4v) is 2.09. The van der Waals surface area contributed by atoms with Crippen molar-refractivity contribution in [1.82, 2.24) is 20.0 Å². The first kappa shape index (κ1) is 17.6. The minimum atomic E-state index is 0.625. The molecule has 0 aliphatic carbocycles. The van der Waals surface area contributed by atoms with E-state index in [0.29, 0.717) is 6.41 Å². The van der Waals surface area contributed by atoms with Crippen LogP contribution in [0.25, 0.3) is 0 Å². The van der Waals surface area contributed by atoms with E-state index in [1.807, 2.05) is 13.8 Å². The van der Waals surface area contributed by atoms with E-state index in [2.05, 4.69) is 40.9 Å². The van der Waals surface area contributed by atoms with Gasteiger partial charge in [0.1, 0.15) is 0 Å². The quantitative estimate of drug-likeness (QED) is 0.829. The van der Waals surface area contributed by atoms with E-state index < -0.39 is 0 Å². The molecular formula is C14H28N4O. The molecule has 0 aromatic carbocycles. The molecule has 2 rings (SSSR count). The van der Waals surface area contributed by atoms with E-state index in [1.165, 1.54) is 17.0 Å². The molecule has 0 atom stereocenters. The minimum Gasteiger partial charge on any atom is -0.362 e. The molecule has 1 aromatic heterocycles. The molecule has 1 amide bonds. The summed E-state index contributed by atoms with van der Waals surface area (Å²) in [4.78, 5) is 11.4. The standard InChI is InChI=1S/C10H17N3.C2H5NO.C2H6/c1-4-9-8(2)11-13-6-5-12(3)7-10(9)13;1-3-2-4;1-2/h4-7H2,1-3H3;2H,1H3,(H,3,4);1-2H3. The molecule has 0 saturated carbocycles. The van der Waals surface area contributed by atoms with Gasteiger partial charge in [-0.05, 0) is 26.0 Å². The summed E-state index contributed by atoms with van der Waals surface area (Å²) in [7, 11) is 3.73. The Balaban J connectivity index is 0.000000467. The van der Waals surface area contributed by atoms with Crippen molar-refractivity contribution in [1.29, 1.82) is 0 Å². The normalized spacial score (nSPS) is 13.4. The van der Waals surface area contributed by atoms with Crippen LogP contribution < -0.4 is 5.32 Å². The molecule has 110 valence electrons. The Morgan fingerprint density at radius 1 is 1.37 bits per heavy atom. The van der Waals surface area contributed by atoms with Crippen molar-refractivity contribution in [3.63, 3.8) is 0 Å². The highest BCUT2D eigenvalue weighted by molar-refractivity contribution is 5.44. The van der Waals surface area contributed by atoms with Crippen molar-refractivity contribution in [2.45, 2.75) is 47.2 Å². The summed E-state index contributed by atoms with van der Waals surface area (Å²) in [5.41, 5.74) is 4.09. The second-order valence-electron chi connectivity index (χ2n) is 4.23. The van der Waals surface area contributed by atoms with Gasteiger partial charge in [-0.15, -0.1) is 0 Å². The van der Waals surface area contributed by atoms with Crippen molar-refractivity contribution in [2.24, 2.45) is 0 Å². The summed E-state index contributed by atoms with van der Waals surface area (Å²) in [5, 5.41) is 6.80. The Hall–Kier alpha value is -1.36. The van der Waals surface area contributed by atoms with Crippen LogP contribution in [0.1, 0.15) is 37.7 Å². The number of carbonyl (C=O) groups is 1. The minimum absolute atomic E-state index is 0.625. The number of fused-ring (bicyclic) bond motifs is 1. The molecule has 19 heavy (non-hydrogen) atoms. The molecule has 0 spiro atoms. The lowest BCUT2D eigenvalue weighted by Crippen LogP contribution is -2.31. The molecule has 1 N–H and O–H groups in total. The molecule has 0 radical (unpaired) electrons. The van der Waals surface area contributed by atoms with Gasteiger partial charge in [-0.1, -0.05) is 20.8 Å². The van der Waals surface area contributed by atoms with Crippen molar-refractivity contribution >= 4 is 6.41 Å². The Bertz CT molecular complexity index is 374. The van der Waals surface area contributed by atoms with Gasteiger partial charge in [0.15, 0.2) is 0 Å². The van der Waals surface area contributed by atoms with Gasteiger partial charge in [-0.25, -0.2) is 0 Å². The lowest BCUT2D eigenvalue weighted by atomic mass is 10.1. The van der Waals surface area contributed by atoms with Crippen molar-refractivity contribution in [2.75, 3.05) is 20.6 Å². The number of amides is 1. The Morgan fingerprint density at radius 3 is 2.42 bits per heavy atom. The molecule has 5 heteroatoms. The van der Waals surface area contributed by atoms with E-state index >= 15 is 0 Å². The number of nitrogens with zero attached hydrogens (tertiary/aromatic N) is 3. The number of aromatic nitrogens is 2. The van der Waals surface area contributed by atoms with Crippen LogP contribution in [0.5, 0.6) is 0 Å². The third-order valence-corrected chi connectivity index (χ3v) is 2.95. The van der Waals surface area contributed by atoms with E-state index in [1.54, 1.807) is 7.05 Å². The van der Waals surface area contributed by atoms with Crippen LogP contribution in [0, 0.1) is 6.92 Å². The largest absolute Gasteiger partial charge is 0.362 e. The predicted molar refractivity (Wildman–Crippen MR) is 79.1 cm³/mol. The van der Waals surface area contributed by atoms with Crippen molar-refractivity contribution in [3.8, 4) is 0 Å². The van der Waals surface area contributed by atoms with Gasteiger partial charge >= 0.3 is 0 Å². The van der Waals surface area contributed by atoms with Crippen LogP contribution in [0.3, 0.4) is 0 Å². The van der Waals surface area contributed by atoms with Gasteiger partial charge in [0.2, 0.25) is 6.41 Å². The first-order valence-electron chi connectivity index (χ1n) is 6.98. The fourth-order valence-electron chi connectivity index (χ4n) is 2.09. The van der Waals surface area contributed by atoms with Crippen molar-refractivity contribution in [3.05, 3.63) is 17.0 Å². The van der Waals surface area contributed by atoms with E-state index in [0.717, 1.165) is 26.1 Å². The van der Waals surface area contributed by atoms with E-state index in [-0.39, 0.29) is 0 Å². The van der Waals surface area contributed by atoms with E-state index in [9.17, 15) is 0 Å². The van der Waals surface area contributed by atoms with Gasteiger partial charge in [-0.3, -0.25) is 14.4 Å². The highest BCUT2D eigenvalue weighted by Crippen LogP contribution is 2.19. The molecule has 0 bridgehead atoms. The topological polar surface area (TPSA) is 50.2 Å². The summed E-state index contributed by atoms with van der Waals surface area (Å²) in [6.07, 6.45) is 1.73. The smallest absolute Gasteiger partial charge is 0.206 e. The zero-order chi connectivity index (χ0) is 14.8. The second-order valence-corrected chi connectivity index (χ2v) is 4.23. The summed E-state index contributed by atoms with van der Waals surface area (Å²) in [5.74, 6) is 0. The van der Waals surface area contributed by atoms with Crippen LogP contribution in [0.15, 0.2) is 0 Å². The Labute approximate surface area is 117 Å². The molecule has 2 heterocycles. The molecule has 0 saturated heterocycles. The monoisotopic (exact) mass is 268 g/mol. The van der Waals surface area contributed by atoms with Crippen molar-refractivity contribution < 1.29 is 4.79 Å². The molecule has 0 unspecified atom stereocenters. The third-order valence-electron chi connectivity index (χ3n) is 2.95. The van der Waals surface area contributed by atoms with Crippen LogP contribution in [-0.4, -0.2) is 41.7 Å². The summed E-state index contributed by atoms with van der Waals surface area (Å²) >= 11 is 0. The second kappa shape index (κ2) is 9.55. The fraction of sp³-hybridized carbons (Fsp3) is 0.714. The van der Waals surface area contributed by atoms with E-state index in [4.69, 9.17) is 4.79 Å². The molecular weight excluding hydrogens is 240 g/mol. The van der Waals surface area contributed by atoms with Gasteiger partial charge in [0, 0.05) is 20.1 Å². The summed E-state index contributed by atoms with van der Waals surface area (Å²) in [6.45, 7) is 11.6. The van der Waals surface area contributed by atoms with Crippen LogP contribution in [0.4, 0.5) is 0 Å². The van der Waals surface area contributed by atoms with Gasteiger partial charge < -0.3 is 5.32 Å². The lowest BCUT2D eigenvalue weighted by Gasteiger charge is -2.24. The molecule has 5 nitrogen and oxygen atoms in total. The maximum absolute atomic E-state index is 9.06. The number of hydrogen-bond acceptors (Lipinski definition) is 3. The molecule has 1 aliphatic rings. The Kier molecular flexibility index (Phi) is 8.87. The van der Waals surface area contributed by atoms with Crippen LogP contribution in [-0.2, 0) is 24.3 Å². The maximum Gasteiger partial charge on any atom is 0.206 e. The third kappa shape index (κ3) is 5.03.